The molecular weight excluding hydrogens is 668 g/mol. The number of benzene rings is 3. The van der Waals surface area contributed by atoms with Crippen molar-refractivity contribution in [3.8, 4) is 0 Å². The number of rotatable bonds is 2. The molecule has 3 rings (SSSR count). The monoisotopic (exact) mass is 692 g/mol. The van der Waals surface area contributed by atoms with E-state index in [1.165, 1.54) is 0 Å². The second-order valence-corrected chi connectivity index (χ2v) is 15.2. The first-order valence-electron chi connectivity index (χ1n) is 7.28. The van der Waals surface area contributed by atoms with Gasteiger partial charge < -0.3 is 0 Å². The van der Waals surface area contributed by atoms with Gasteiger partial charge in [-0.1, -0.05) is 91.0 Å². The molecule has 0 aliphatic heterocycles. The first kappa shape index (κ1) is 28.2. The van der Waals surface area contributed by atoms with E-state index >= 15 is 0 Å². The minimum absolute atomic E-state index is 0. The average Bonchev–Trinajstić information content (AvgIpc) is 2.73. The molecule has 3 aromatic rings. The van der Waals surface area contributed by atoms with Crippen LogP contribution in [0.3, 0.4) is 0 Å². The third kappa shape index (κ3) is 22.0. The van der Waals surface area contributed by atoms with Crippen LogP contribution >= 0.6 is 5.10 Å². The van der Waals surface area contributed by atoms with Crippen molar-refractivity contribution < 1.29 is 9.05 Å². The molecule has 26 heavy (non-hydrogen) atoms. The Bertz CT molecular complexity index is 426. The standard InChI is InChI=1S/3C6H5.C2H7O2PSe2.Pb/c3*1-2-4-6-5-3-1;1-3-5(6,7)4-2;/h3*1-5H;1-2H3,(H,6,7);/p-1. The quantitative estimate of drug-likeness (QED) is 0.294. The summed E-state index contributed by atoms with van der Waals surface area (Å²) in [6.45, 7) is 0. The summed E-state index contributed by atoms with van der Waals surface area (Å²) < 4.78 is 9.73. The third-order valence-corrected chi connectivity index (χ3v) is 6.92. The van der Waals surface area contributed by atoms with Crippen LogP contribution in [-0.4, -0.2) is 72.7 Å². The van der Waals surface area contributed by atoms with E-state index in [4.69, 9.17) is 9.05 Å². The molecule has 0 aliphatic rings. The number of hydrogen-bond acceptors (Lipinski definition) is 2. The molecule has 0 saturated heterocycles. The zero-order chi connectivity index (χ0) is 18.6. The fourth-order valence-electron chi connectivity index (χ4n) is 1.10. The molecule has 0 spiro atoms. The van der Waals surface area contributed by atoms with Crippen LogP contribution in [0.5, 0.6) is 0 Å². The molecule has 0 N–H and O–H groups in total. The van der Waals surface area contributed by atoms with E-state index in [9.17, 15) is 0 Å². The van der Waals surface area contributed by atoms with Crippen LogP contribution < -0.4 is 0 Å². The summed E-state index contributed by atoms with van der Waals surface area (Å²) in [6, 6.07) is 37.5. The van der Waals surface area contributed by atoms with Gasteiger partial charge in [-0.3, -0.25) is 0 Å². The van der Waals surface area contributed by atoms with E-state index in [-0.39, 0.29) is 27.3 Å². The Hall–Kier alpha value is -0.0290. The van der Waals surface area contributed by atoms with E-state index < -0.39 is 5.10 Å². The van der Waals surface area contributed by atoms with Gasteiger partial charge in [0.25, 0.3) is 0 Å². The summed E-state index contributed by atoms with van der Waals surface area (Å²) in [5.41, 5.74) is 0. The van der Waals surface area contributed by atoms with E-state index in [2.05, 4.69) is 49.3 Å². The predicted octanol–water partition coefficient (Wildman–Crippen LogP) is 4.37. The summed E-state index contributed by atoms with van der Waals surface area (Å²) >= 11 is 5.53. The van der Waals surface area contributed by atoms with Gasteiger partial charge in [-0.25, -0.2) is 0 Å². The molecular formula is C20H21O2PPbSe2-. The van der Waals surface area contributed by atoms with E-state index in [0.717, 1.165) is 0 Å². The maximum Gasteiger partial charge on any atom is 0 e. The third-order valence-electron chi connectivity index (χ3n) is 2.27. The zero-order valence-electron chi connectivity index (χ0n) is 14.7. The summed E-state index contributed by atoms with van der Waals surface area (Å²) in [7, 11) is 3.20. The van der Waals surface area contributed by atoms with E-state index in [0.29, 0.717) is 0 Å². The SMILES string of the molecule is CO[P+]([Se-])([Se-])OC.[Pb].[c]1ccccc1.[c]1ccccc1.[c]1ccccc1. The van der Waals surface area contributed by atoms with Gasteiger partial charge in [0.15, 0.2) is 0 Å². The minimum atomic E-state index is -1.65. The minimum Gasteiger partial charge on any atom is -0.0622 e. The van der Waals surface area contributed by atoms with Crippen molar-refractivity contribution in [2.75, 3.05) is 14.2 Å². The Balaban J connectivity index is 0. The van der Waals surface area contributed by atoms with Crippen LogP contribution in [0.1, 0.15) is 0 Å². The molecule has 0 aromatic heterocycles. The Morgan fingerprint density at radius 1 is 0.538 bits per heavy atom. The molecule has 7 radical (unpaired) electrons. The fraction of sp³-hybridized carbons (Fsp3) is 0.100. The summed E-state index contributed by atoms with van der Waals surface area (Å²) in [4.78, 5) is 0. The molecule has 2 nitrogen and oxygen atoms in total. The van der Waals surface area contributed by atoms with Gasteiger partial charge in [0, 0.05) is 27.3 Å². The molecule has 0 aliphatic carbocycles. The topological polar surface area (TPSA) is 18.5 Å². The van der Waals surface area contributed by atoms with Gasteiger partial charge in [0.1, 0.15) is 0 Å². The molecule has 0 heterocycles. The van der Waals surface area contributed by atoms with Crippen molar-refractivity contribution in [2.45, 2.75) is 0 Å². The van der Waals surface area contributed by atoms with Crippen LogP contribution in [0.2, 0.25) is 0 Å². The first-order chi connectivity index (χ1) is 12.1. The molecule has 0 atom stereocenters. The molecule has 135 valence electrons. The van der Waals surface area contributed by atoms with Crippen LogP contribution in [0.15, 0.2) is 91.0 Å². The van der Waals surface area contributed by atoms with Crippen molar-refractivity contribution in [1.82, 2.24) is 0 Å². The maximum atomic E-state index is 4.86. The second-order valence-electron chi connectivity index (χ2n) is 4.04. The van der Waals surface area contributed by atoms with E-state index in [1.807, 2.05) is 91.0 Å². The van der Waals surface area contributed by atoms with Gasteiger partial charge >= 0.3 is 59.5 Å². The largest absolute Gasteiger partial charge is 0.0622 e. The fourth-order valence-corrected chi connectivity index (χ4v) is 1.25. The maximum absolute atomic E-state index is 4.86. The molecule has 3 aromatic carbocycles. The Morgan fingerprint density at radius 2 is 0.769 bits per heavy atom. The normalized spacial score (nSPS) is 8.77. The van der Waals surface area contributed by atoms with Gasteiger partial charge in [-0.2, -0.15) is 0 Å². The van der Waals surface area contributed by atoms with Crippen LogP contribution in [0.25, 0.3) is 0 Å². The van der Waals surface area contributed by atoms with Crippen LogP contribution in [-0.2, 0) is 9.05 Å². The molecule has 0 unspecified atom stereocenters. The Morgan fingerprint density at radius 3 is 0.808 bits per heavy atom. The average molecular weight is 689 g/mol. The van der Waals surface area contributed by atoms with Crippen LogP contribution in [0, 0.1) is 18.2 Å². The zero-order valence-corrected chi connectivity index (χ0v) is 22.9. The molecule has 0 fully saturated rings. The Kier molecular flexibility index (Phi) is 23.1. The van der Waals surface area contributed by atoms with Gasteiger partial charge in [0.2, 0.25) is 0 Å². The van der Waals surface area contributed by atoms with Crippen molar-refractivity contribution in [3.63, 3.8) is 0 Å². The summed E-state index contributed by atoms with van der Waals surface area (Å²) in [5, 5.41) is -1.65. The van der Waals surface area contributed by atoms with Crippen molar-refractivity contribution in [2.24, 2.45) is 0 Å². The van der Waals surface area contributed by atoms with Gasteiger partial charge in [-0.15, -0.1) is 0 Å². The van der Waals surface area contributed by atoms with Gasteiger partial charge in [0.05, 0.1) is 0 Å². The summed E-state index contributed by atoms with van der Waals surface area (Å²) in [6.07, 6.45) is 0. The van der Waals surface area contributed by atoms with Crippen molar-refractivity contribution >= 4 is 63.5 Å². The second kappa shape index (κ2) is 21.3. The Labute approximate surface area is 194 Å². The predicted molar refractivity (Wildman–Crippen MR) is 114 cm³/mol. The molecule has 0 bridgehead atoms. The van der Waals surface area contributed by atoms with E-state index in [1.54, 1.807) is 14.2 Å². The number of hydrogen-bond donors (Lipinski definition) is 0. The van der Waals surface area contributed by atoms with Crippen molar-refractivity contribution in [3.05, 3.63) is 109 Å². The van der Waals surface area contributed by atoms with Gasteiger partial charge in [-0.05, 0) is 18.2 Å². The molecule has 0 saturated carbocycles. The molecule has 0 amide bonds. The first-order valence-corrected chi connectivity index (χ1v) is 13.3. The molecule has 6 heteroatoms. The smallest absolute Gasteiger partial charge is 0 e. The van der Waals surface area contributed by atoms with Crippen LogP contribution in [0.4, 0.5) is 0 Å². The summed E-state index contributed by atoms with van der Waals surface area (Å²) in [5.74, 6) is 0. The van der Waals surface area contributed by atoms with Crippen molar-refractivity contribution in [1.29, 1.82) is 0 Å².